The molecule has 0 atom stereocenters. The van der Waals surface area contributed by atoms with Crippen molar-refractivity contribution in [2.75, 3.05) is 20.6 Å². The number of Topliss-reactive ketones (excluding diaryl/α,β-unsaturated/α-hetero) is 1. The second kappa shape index (κ2) is 4.37. The highest BCUT2D eigenvalue weighted by Gasteiger charge is 2.09. The van der Waals surface area contributed by atoms with Crippen molar-refractivity contribution >= 4 is 16.8 Å². The fraction of sp³-hybridized carbons (Fsp3) is 0.250. The van der Waals surface area contributed by atoms with Crippen molar-refractivity contribution in [1.82, 2.24) is 14.9 Å². The molecule has 4 heteroatoms. The van der Waals surface area contributed by atoms with Crippen LogP contribution in [0.2, 0.25) is 0 Å². The third-order valence-corrected chi connectivity index (χ3v) is 2.19. The Labute approximate surface area is 93.9 Å². The summed E-state index contributed by atoms with van der Waals surface area (Å²) in [6.07, 6.45) is 1.54. The van der Waals surface area contributed by atoms with Gasteiger partial charge in [-0.1, -0.05) is 12.1 Å². The monoisotopic (exact) mass is 215 g/mol. The van der Waals surface area contributed by atoms with E-state index < -0.39 is 0 Å². The molecule has 16 heavy (non-hydrogen) atoms. The van der Waals surface area contributed by atoms with Gasteiger partial charge in [0.2, 0.25) is 0 Å². The lowest BCUT2D eigenvalue weighted by Gasteiger charge is -2.07. The molecule has 0 spiro atoms. The van der Waals surface area contributed by atoms with E-state index in [0.717, 1.165) is 11.0 Å². The highest BCUT2D eigenvalue weighted by molar-refractivity contribution is 5.96. The molecule has 0 saturated carbocycles. The lowest BCUT2D eigenvalue weighted by Crippen LogP contribution is -2.22. The van der Waals surface area contributed by atoms with E-state index in [1.807, 2.05) is 43.3 Å². The number of rotatable bonds is 3. The molecule has 2 rings (SSSR count). The van der Waals surface area contributed by atoms with E-state index in [2.05, 4.69) is 9.97 Å². The van der Waals surface area contributed by atoms with Crippen LogP contribution in [0.3, 0.4) is 0 Å². The molecule has 0 aliphatic rings. The molecule has 0 N–H and O–H groups in total. The Morgan fingerprint density at radius 1 is 1.25 bits per heavy atom. The van der Waals surface area contributed by atoms with Gasteiger partial charge in [-0.05, 0) is 26.2 Å². The molecule has 1 heterocycles. The predicted octanol–water partition coefficient (Wildman–Crippen LogP) is 1.37. The topological polar surface area (TPSA) is 46.1 Å². The summed E-state index contributed by atoms with van der Waals surface area (Å²) in [5, 5.41) is 0. The lowest BCUT2D eigenvalue weighted by atomic mass is 10.2. The van der Waals surface area contributed by atoms with Crippen LogP contribution in [-0.4, -0.2) is 41.3 Å². The molecular formula is C12H13N3O. The number of fused-ring (bicyclic) bond motifs is 1. The maximum atomic E-state index is 11.8. The first-order chi connectivity index (χ1) is 7.66. The maximum Gasteiger partial charge on any atom is 0.196 e. The Hall–Kier alpha value is -1.81. The number of carbonyl (C=O) groups is 1. The van der Waals surface area contributed by atoms with Crippen molar-refractivity contribution in [1.29, 1.82) is 0 Å². The number of carbonyl (C=O) groups excluding carboxylic acids is 1. The number of nitrogens with zero attached hydrogens (tertiary/aromatic N) is 3. The van der Waals surface area contributed by atoms with Crippen LogP contribution in [0.15, 0.2) is 30.5 Å². The van der Waals surface area contributed by atoms with Crippen LogP contribution in [0.1, 0.15) is 10.5 Å². The fourth-order valence-corrected chi connectivity index (χ4v) is 1.46. The molecular weight excluding hydrogens is 202 g/mol. The van der Waals surface area contributed by atoms with Gasteiger partial charge in [0.15, 0.2) is 5.78 Å². The molecule has 0 aliphatic carbocycles. The molecule has 0 radical (unpaired) electrons. The van der Waals surface area contributed by atoms with Crippen LogP contribution in [-0.2, 0) is 0 Å². The van der Waals surface area contributed by atoms with Crippen molar-refractivity contribution in [2.45, 2.75) is 0 Å². The van der Waals surface area contributed by atoms with Crippen molar-refractivity contribution < 1.29 is 4.79 Å². The third-order valence-electron chi connectivity index (χ3n) is 2.19. The minimum atomic E-state index is -0.0109. The van der Waals surface area contributed by atoms with Crippen molar-refractivity contribution in [2.24, 2.45) is 0 Å². The van der Waals surface area contributed by atoms with Crippen LogP contribution >= 0.6 is 0 Å². The van der Waals surface area contributed by atoms with Crippen LogP contribution in [0, 0.1) is 0 Å². The van der Waals surface area contributed by atoms with E-state index in [9.17, 15) is 4.79 Å². The van der Waals surface area contributed by atoms with Crippen molar-refractivity contribution in [3.05, 3.63) is 36.2 Å². The van der Waals surface area contributed by atoms with Gasteiger partial charge in [-0.25, -0.2) is 4.98 Å². The van der Waals surface area contributed by atoms with Gasteiger partial charge < -0.3 is 4.90 Å². The maximum absolute atomic E-state index is 11.8. The van der Waals surface area contributed by atoms with Crippen LogP contribution < -0.4 is 0 Å². The summed E-state index contributed by atoms with van der Waals surface area (Å²) in [5.41, 5.74) is 1.99. The lowest BCUT2D eigenvalue weighted by molar-refractivity contribution is 0.0953. The first-order valence-electron chi connectivity index (χ1n) is 5.06. The molecule has 1 aromatic carbocycles. The number of aromatic nitrogens is 2. The quantitative estimate of drug-likeness (QED) is 0.725. The van der Waals surface area contributed by atoms with Crippen molar-refractivity contribution in [3.8, 4) is 0 Å². The molecule has 1 aromatic heterocycles. The highest BCUT2D eigenvalue weighted by Crippen LogP contribution is 2.08. The molecule has 0 unspecified atom stereocenters. The van der Waals surface area contributed by atoms with E-state index in [0.29, 0.717) is 12.2 Å². The zero-order valence-electron chi connectivity index (χ0n) is 9.34. The molecule has 0 bridgehead atoms. The van der Waals surface area contributed by atoms with Gasteiger partial charge in [-0.15, -0.1) is 0 Å². The van der Waals surface area contributed by atoms with Crippen LogP contribution in [0.4, 0.5) is 0 Å². The van der Waals surface area contributed by atoms with E-state index in [4.69, 9.17) is 0 Å². The predicted molar refractivity (Wildman–Crippen MR) is 62.4 cm³/mol. The Bertz CT molecular complexity index is 522. The first kappa shape index (κ1) is 10.7. The van der Waals surface area contributed by atoms with Gasteiger partial charge in [-0.2, -0.15) is 0 Å². The first-order valence-corrected chi connectivity index (χ1v) is 5.06. The zero-order chi connectivity index (χ0) is 11.5. The summed E-state index contributed by atoms with van der Waals surface area (Å²) in [5.74, 6) is -0.0109. The average Bonchev–Trinajstić information content (AvgIpc) is 2.27. The van der Waals surface area contributed by atoms with E-state index in [-0.39, 0.29) is 5.78 Å². The van der Waals surface area contributed by atoms with E-state index in [1.165, 1.54) is 6.20 Å². The van der Waals surface area contributed by atoms with E-state index >= 15 is 0 Å². The Morgan fingerprint density at radius 3 is 2.62 bits per heavy atom. The largest absolute Gasteiger partial charge is 0.302 e. The fourth-order valence-electron chi connectivity index (χ4n) is 1.46. The van der Waals surface area contributed by atoms with Gasteiger partial charge >= 0.3 is 0 Å². The molecule has 0 aliphatic heterocycles. The average molecular weight is 215 g/mol. The summed E-state index contributed by atoms with van der Waals surface area (Å²) in [7, 11) is 3.71. The molecule has 2 aromatic rings. The van der Waals surface area contributed by atoms with Crippen LogP contribution in [0.5, 0.6) is 0 Å². The molecule has 0 amide bonds. The van der Waals surface area contributed by atoms with Crippen molar-refractivity contribution in [3.63, 3.8) is 0 Å². The van der Waals surface area contributed by atoms with Gasteiger partial charge in [0.25, 0.3) is 0 Å². The second-order valence-corrected chi connectivity index (χ2v) is 3.90. The Balaban J connectivity index is 2.35. The van der Waals surface area contributed by atoms with E-state index in [1.54, 1.807) is 0 Å². The van der Waals surface area contributed by atoms with Gasteiger partial charge in [-0.3, -0.25) is 9.78 Å². The number of hydrogen-bond donors (Lipinski definition) is 0. The smallest absolute Gasteiger partial charge is 0.196 e. The number of hydrogen-bond acceptors (Lipinski definition) is 4. The molecule has 82 valence electrons. The summed E-state index contributed by atoms with van der Waals surface area (Å²) >= 11 is 0. The summed E-state index contributed by atoms with van der Waals surface area (Å²) < 4.78 is 0. The zero-order valence-corrected chi connectivity index (χ0v) is 9.34. The van der Waals surface area contributed by atoms with Gasteiger partial charge in [0.1, 0.15) is 5.69 Å². The SMILES string of the molecule is CN(C)CC(=O)c1cnc2ccccc2n1. The van der Waals surface area contributed by atoms with Gasteiger partial charge in [0.05, 0.1) is 23.8 Å². The van der Waals surface area contributed by atoms with Gasteiger partial charge in [0, 0.05) is 0 Å². The Kier molecular flexibility index (Phi) is 2.92. The van der Waals surface area contributed by atoms with Crippen LogP contribution in [0.25, 0.3) is 11.0 Å². The summed E-state index contributed by atoms with van der Waals surface area (Å²) in [6.45, 7) is 0.354. The molecule has 0 fully saturated rings. The minimum Gasteiger partial charge on any atom is -0.302 e. The minimum absolute atomic E-state index is 0.0109. The summed E-state index contributed by atoms with van der Waals surface area (Å²) in [6, 6.07) is 7.52. The molecule has 4 nitrogen and oxygen atoms in total. The number of benzene rings is 1. The third kappa shape index (κ3) is 2.23. The number of likely N-dealkylation sites (N-methyl/N-ethyl adjacent to an activating group) is 1. The highest BCUT2D eigenvalue weighted by atomic mass is 16.1. The standard InChI is InChI=1S/C12H13N3O/c1-15(2)8-12(16)11-7-13-9-5-3-4-6-10(9)14-11/h3-7H,8H2,1-2H3. The second-order valence-electron chi connectivity index (χ2n) is 3.90. The molecule has 0 saturated heterocycles. The summed E-state index contributed by atoms with van der Waals surface area (Å²) in [4.78, 5) is 22.1. The number of para-hydroxylation sites is 2. The number of ketones is 1. The normalized spacial score (nSPS) is 10.9. The Morgan fingerprint density at radius 2 is 1.94 bits per heavy atom.